The molecule has 2 atom stereocenters. The summed E-state index contributed by atoms with van der Waals surface area (Å²) in [5.41, 5.74) is 7.05. The molecule has 1 aliphatic rings. The molecule has 1 aliphatic carbocycles. The predicted octanol–water partition coefficient (Wildman–Crippen LogP) is 3.52. The molecule has 18 heavy (non-hydrogen) atoms. The molecule has 2 N–H and O–H groups in total. The standard InChI is InChI=1S/C14H19F2NO/c1-18-12-4-2-11(3-5-12)13(17)8-10-6-7-14(15,16)9-10/h2-5,10,13H,6-9,17H2,1H3. The van der Waals surface area contributed by atoms with E-state index in [2.05, 4.69) is 0 Å². The van der Waals surface area contributed by atoms with E-state index in [1.165, 1.54) is 0 Å². The summed E-state index contributed by atoms with van der Waals surface area (Å²) in [7, 11) is 1.61. The average molecular weight is 255 g/mol. The van der Waals surface area contributed by atoms with Gasteiger partial charge in [0.1, 0.15) is 5.75 Å². The van der Waals surface area contributed by atoms with Gasteiger partial charge in [-0.15, -0.1) is 0 Å². The van der Waals surface area contributed by atoms with Crippen LogP contribution in [0.25, 0.3) is 0 Å². The molecular weight excluding hydrogens is 236 g/mol. The molecule has 1 saturated carbocycles. The zero-order valence-electron chi connectivity index (χ0n) is 10.5. The Morgan fingerprint density at radius 3 is 2.56 bits per heavy atom. The van der Waals surface area contributed by atoms with Crippen molar-refractivity contribution in [1.29, 1.82) is 0 Å². The van der Waals surface area contributed by atoms with E-state index in [4.69, 9.17) is 10.5 Å². The lowest BCUT2D eigenvalue weighted by molar-refractivity contribution is 0.00446. The van der Waals surface area contributed by atoms with Crippen LogP contribution in [0.15, 0.2) is 24.3 Å². The van der Waals surface area contributed by atoms with Crippen LogP contribution >= 0.6 is 0 Å². The minimum atomic E-state index is -2.48. The third-order valence-electron chi connectivity index (χ3n) is 3.64. The first-order valence-electron chi connectivity index (χ1n) is 6.27. The van der Waals surface area contributed by atoms with Gasteiger partial charge < -0.3 is 10.5 Å². The van der Waals surface area contributed by atoms with E-state index >= 15 is 0 Å². The maximum absolute atomic E-state index is 13.1. The van der Waals surface area contributed by atoms with Gasteiger partial charge in [0, 0.05) is 18.9 Å². The highest BCUT2D eigenvalue weighted by Crippen LogP contribution is 2.42. The smallest absolute Gasteiger partial charge is 0.248 e. The molecule has 0 amide bonds. The highest BCUT2D eigenvalue weighted by Gasteiger charge is 2.39. The lowest BCUT2D eigenvalue weighted by atomic mass is 9.94. The van der Waals surface area contributed by atoms with Crippen LogP contribution in [0.1, 0.15) is 37.3 Å². The third-order valence-corrected chi connectivity index (χ3v) is 3.64. The fourth-order valence-electron chi connectivity index (χ4n) is 2.59. The first-order valence-corrected chi connectivity index (χ1v) is 6.27. The molecule has 1 aromatic rings. The van der Waals surface area contributed by atoms with Crippen molar-refractivity contribution in [2.45, 2.75) is 37.6 Å². The van der Waals surface area contributed by atoms with Crippen molar-refractivity contribution in [3.05, 3.63) is 29.8 Å². The molecule has 2 nitrogen and oxygen atoms in total. The van der Waals surface area contributed by atoms with Gasteiger partial charge in [-0.2, -0.15) is 0 Å². The Morgan fingerprint density at radius 1 is 1.39 bits per heavy atom. The molecule has 1 aromatic carbocycles. The average Bonchev–Trinajstić information content (AvgIpc) is 2.68. The lowest BCUT2D eigenvalue weighted by Gasteiger charge is -2.17. The van der Waals surface area contributed by atoms with E-state index in [1.54, 1.807) is 7.11 Å². The van der Waals surface area contributed by atoms with Crippen LogP contribution in [-0.4, -0.2) is 13.0 Å². The molecule has 2 unspecified atom stereocenters. The van der Waals surface area contributed by atoms with E-state index in [-0.39, 0.29) is 24.8 Å². The second-order valence-electron chi connectivity index (χ2n) is 5.08. The SMILES string of the molecule is COc1ccc(C(N)CC2CCC(F)(F)C2)cc1. The van der Waals surface area contributed by atoms with Crippen LogP contribution in [0.2, 0.25) is 0 Å². The van der Waals surface area contributed by atoms with Crippen molar-refractivity contribution >= 4 is 0 Å². The summed E-state index contributed by atoms with van der Waals surface area (Å²) < 4.78 is 31.2. The van der Waals surface area contributed by atoms with Gasteiger partial charge in [-0.3, -0.25) is 0 Å². The molecular formula is C14H19F2NO. The number of hydrogen-bond acceptors (Lipinski definition) is 2. The van der Waals surface area contributed by atoms with E-state index in [9.17, 15) is 8.78 Å². The van der Waals surface area contributed by atoms with Gasteiger partial charge in [-0.25, -0.2) is 8.78 Å². The maximum Gasteiger partial charge on any atom is 0.248 e. The maximum atomic E-state index is 13.1. The summed E-state index contributed by atoms with van der Waals surface area (Å²) in [6.07, 6.45) is 1.20. The number of rotatable bonds is 4. The number of methoxy groups -OCH3 is 1. The molecule has 0 heterocycles. The number of halogens is 2. The van der Waals surface area contributed by atoms with Crippen LogP contribution in [0.3, 0.4) is 0 Å². The molecule has 0 spiro atoms. The lowest BCUT2D eigenvalue weighted by Crippen LogP contribution is -2.16. The second-order valence-corrected chi connectivity index (χ2v) is 5.08. The Bertz CT molecular complexity index is 391. The van der Waals surface area contributed by atoms with Gasteiger partial charge in [0.2, 0.25) is 5.92 Å². The van der Waals surface area contributed by atoms with Crippen molar-refractivity contribution < 1.29 is 13.5 Å². The Hall–Kier alpha value is -1.16. The van der Waals surface area contributed by atoms with Gasteiger partial charge in [0.15, 0.2) is 0 Å². The molecule has 4 heteroatoms. The summed E-state index contributed by atoms with van der Waals surface area (Å²) in [4.78, 5) is 0. The molecule has 0 saturated heterocycles. The Balaban J connectivity index is 1.93. The van der Waals surface area contributed by atoms with Gasteiger partial charge in [0.05, 0.1) is 7.11 Å². The topological polar surface area (TPSA) is 35.2 Å². The summed E-state index contributed by atoms with van der Waals surface area (Å²) in [5.74, 6) is -1.67. The molecule has 2 rings (SSSR count). The fraction of sp³-hybridized carbons (Fsp3) is 0.571. The predicted molar refractivity (Wildman–Crippen MR) is 66.8 cm³/mol. The van der Waals surface area contributed by atoms with E-state index in [1.807, 2.05) is 24.3 Å². The monoisotopic (exact) mass is 255 g/mol. The third kappa shape index (κ3) is 3.19. The number of benzene rings is 1. The number of alkyl halides is 2. The molecule has 0 aliphatic heterocycles. The first-order chi connectivity index (χ1) is 8.50. The fourth-order valence-corrected chi connectivity index (χ4v) is 2.59. The molecule has 100 valence electrons. The van der Waals surface area contributed by atoms with Crippen molar-refractivity contribution in [1.82, 2.24) is 0 Å². The van der Waals surface area contributed by atoms with Gasteiger partial charge in [-0.05, 0) is 36.5 Å². The second kappa shape index (κ2) is 5.22. The van der Waals surface area contributed by atoms with Crippen LogP contribution in [0, 0.1) is 5.92 Å². The molecule has 0 bridgehead atoms. The quantitative estimate of drug-likeness (QED) is 0.893. The van der Waals surface area contributed by atoms with Crippen molar-refractivity contribution in [3.63, 3.8) is 0 Å². The number of nitrogens with two attached hydrogens (primary N) is 1. The number of hydrogen-bond donors (Lipinski definition) is 1. The van der Waals surface area contributed by atoms with Gasteiger partial charge in [-0.1, -0.05) is 12.1 Å². The molecule has 0 radical (unpaired) electrons. The summed E-state index contributed by atoms with van der Waals surface area (Å²) >= 11 is 0. The van der Waals surface area contributed by atoms with Crippen LogP contribution < -0.4 is 10.5 Å². The first kappa shape index (κ1) is 13.3. The van der Waals surface area contributed by atoms with Gasteiger partial charge >= 0.3 is 0 Å². The van der Waals surface area contributed by atoms with Gasteiger partial charge in [0.25, 0.3) is 0 Å². The number of ether oxygens (including phenoxy) is 1. The van der Waals surface area contributed by atoms with Crippen molar-refractivity contribution in [2.24, 2.45) is 11.7 Å². The highest BCUT2D eigenvalue weighted by molar-refractivity contribution is 5.28. The summed E-state index contributed by atoms with van der Waals surface area (Å²) in [6.45, 7) is 0. The summed E-state index contributed by atoms with van der Waals surface area (Å²) in [6, 6.07) is 7.32. The highest BCUT2D eigenvalue weighted by atomic mass is 19.3. The Labute approximate surface area is 106 Å². The Morgan fingerprint density at radius 2 is 2.06 bits per heavy atom. The Kier molecular flexibility index (Phi) is 3.85. The van der Waals surface area contributed by atoms with Crippen LogP contribution in [0.4, 0.5) is 8.78 Å². The van der Waals surface area contributed by atoms with Crippen LogP contribution in [-0.2, 0) is 0 Å². The van der Waals surface area contributed by atoms with E-state index in [0.717, 1.165) is 11.3 Å². The minimum Gasteiger partial charge on any atom is -0.497 e. The van der Waals surface area contributed by atoms with Crippen LogP contribution in [0.5, 0.6) is 5.75 Å². The molecule has 0 aromatic heterocycles. The van der Waals surface area contributed by atoms with Crippen molar-refractivity contribution in [2.75, 3.05) is 7.11 Å². The minimum absolute atomic E-state index is 0.00694. The largest absolute Gasteiger partial charge is 0.497 e. The van der Waals surface area contributed by atoms with Crippen molar-refractivity contribution in [3.8, 4) is 5.75 Å². The normalized spacial score (nSPS) is 23.9. The zero-order chi connectivity index (χ0) is 13.2. The van der Waals surface area contributed by atoms with E-state index < -0.39 is 5.92 Å². The zero-order valence-corrected chi connectivity index (χ0v) is 10.5. The van der Waals surface area contributed by atoms with E-state index in [0.29, 0.717) is 12.8 Å². The summed E-state index contributed by atoms with van der Waals surface area (Å²) in [5, 5.41) is 0. The molecule has 1 fully saturated rings.